The number of aldehydes is 1. The van der Waals surface area contributed by atoms with Crippen LogP contribution in [0.25, 0.3) is 0 Å². The summed E-state index contributed by atoms with van der Waals surface area (Å²) in [7, 11) is 1.82. The van der Waals surface area contributed by atoms with E-state index >= 15 is 0 Å². The van der Waals surface area contributed by atoms with Crippen LogP contribution < -0.4 is 5.43 Å². The van der Waals surface area contributed by atoms with E-state index in [1.54, 1.807) is 5.01 Å². The van der Waals surface area contributed by atoms with E-state index in [-0.39, 0.29) is 6.04 Å². The van der Waals surface area contributed by atoms with Crippen LogP contribution in [-0.2, 0) is 4.79 Å². The molecule has 1 heterocycles. The minimum atomic E-state index is 0.287. The van der Waals surface area contributed by atoms with Gasteiger partial charge in [-0.3, -0.25) is 4.79 Å². The molecule has 0 radical (unpaired) electrons. The largest absolute Gasteiger partial charge is 0.308 e. The molecule has 0 saturated heterocycles. The van der Waals surface area contributed by atoms with Gasteiger partial charge >= 0.3 is 0 Å². The molecule has 1 N–H and O–H groups in total. The van der Waals surface area contributed by atoms with Crippen LogP contribution >= 0.6 is 0 Å². The molecule has 0 aromatic carbocycles. The van der Waals surface area contributed by atoms with Crippen molar-refractivity contribution in [2.45, 2.75) is 13.0 Å². The Balaban J connectivity index is 2.68. The zero-order chi connectivity index (χ0) is 6.85. The third-order valence-corrected chi connectivity index (χ3v) is 1.33. The third kappa shape index (κ3) is 1.10. The van der Waals surface area contributed by atoms with Crippen LogP contribution in [0.1, 0.15) is 6.92 Å². The molecule has 3 heteroatoms. The predicted molar refractivity (Wildman–Crippen MR) is 34.5 cm³/mol. The molecule has 0 aromatic rings. The normalized spacial score (nSPS) is 26.2. The van der Waals surface area contributed by atoms with Crippen LogP contribution in [0.4, 0.5) is 0 Å². The van der Waals surface area contributed by atoms with Gasteiger partial charge in [0.1, 0.15) is 0 Å². The molecule has 3 nitrogen and oxygen atoms in total. The van der Waals surface area contributed by atoms with Crippen molar-refractivity contribution in [3.05, 3.63) is 11.8 Å². The van der Waals surface area contributed by atoms with Crippen molar-refractivity contribution in [2.75, 3.05) is 7.05 Å². The first-order valence-corrected chi connectivity index (χ1v) is 2.91. The van der Waals surface area contributed by atoms with E-state index < -0.39 is 0 Å². The first-order chi connectivity index (χ1) is 4.24. The van der Waals surface area contributed by atoms with Gasteiger partial charge in [0.15, 0.2) is 6.29 Å². The minimum absolute atomic E-state index is 0.287. The maximum atomic E-state index is 10.2. The van der Waals surface area contributed by atoms with E-state index in [1.165, 1.54) is 0 Å². The average molecular weight is 126 g/mol. The van der Waals surface area contributed by atoms with Crippen molar-refractivity contribution < 1.29 is 4.79 Å². The highest BCUT2D eigenvalue weighted by Gasteiger charge is 2.13. The number of rotatable bonds is 1. The van der Waals surface area contributed by atoms with Gasteiger partial charge in [0.25, 0.3) is 0 Å². The fraction of sp³-hybridized carbons (Fsp3) is 0.500. The quantitative estimate of drug-likeness (QED) is 0.498. The predicted octanol–water partition coefficient (Wildman–Crippen LogP) is -0.0923. The molecule has 0 spiro atoms. The maximum Gasteiger partial charge on any atom is 0.167 e. The molecular formula is C6H10N2O. The first-order valence-electron chi connectivity index (χ1n) is 2.91. The second kappa shape index (κ2) is 2.19. The summed E-state index contributed by atoms with van der Waals surface area (Å²) in [5, 5.41) is 1.72. The molecule has 1 aliphatic heterocycles. The highest BCUT2D eigenvalue weighted by Crippen LogP contribution is 2.05. The Kier molecular flexibility index (Phi) is 1.53. The maximum absolute atomic E-state index is 10.2. The van der Waals surface area contributed by atoms with E-state index in [4.69, 9.17) is 0 Å². The molecule has 1 atom stereocenters. The molecule has 9 heavy (non-hydrogen) atoms. The lowest BCUT2D eigenvalue weighted by Gasteiger charge is -2.12. The van der Waals surface area contributed by atoms with Crippen LogP contribution in [0.2, 0.25) is 0 Å². The lowest BCUT2D eigenvalue weighted by molar-refractivity contribution is -0.106. The number of allylic oxidation sites excluding steroid dienone is 1. The van der Waals surface area contributed by atoms with E-state index in [1.807, 2.05) is 20.0 Å². The number of hydrazine groups is 1. The summed E-state index contributed by atoms with van der Waals surface area (Å²) in [6.45, 7) is 1.99. The molecular weight excluding hydrogens is 116 g/mol. The van der Waals surface area contributed by atoms with Gasteiger partial charge in [-0.05, 0) is 13.0 Å². The zero-order valence-corrected chi connectivity index (χ0v) is 5.59. The molecule has 0 fully saturated rings. The van der Waals surface area contributed by atoms with E-state index in [9.17, 15) is 4.79 Å². The van der Waals surface area contributed by atoms with Gasteiger partial charge in [0.2, 0.25) is 0 Å². The number of hydrogen-bond donors (Lipinski definition) is 1. The summed E-state index contributed by atoms with van der Waals surface area (Å²) in [4.78, 5) is 10.2. The zero-order valence-electron chi connectivity index (χ0n) is 5.59. The van der Waals surface area contributed by atoms with Crippen molar-refractivity contribution in [3.63, 3.8) is 0 Å². The van der Waals surface area contributed by atoms with Crippen molar-refractivity contribution in [1.82, 2.24) is 10.4 Å². The molecule has 0 aliphatic carbocycles. The Hall–Kier alpha value is -0.830. The SMILES string of the molecule is CC1C=C(C=O)N(C)N1. The summed E-state index contributed by atoms with van der Waals surface area (Å²) in [5.74, 6) is 0. The second-order valence-electron chi connectivity index (χ2n) is 2.19. The van der Waals surface area contributed by atoms with Crippen molar-refractivity contribution in [2.24, 2.45) is 0 Å². The summed E-state index contributed by atoms with van der Waals surface area (Å²) in [6, 6.07) is 0.287. The molecule has 0 amide bonds. The van der Waals surface area contributed by atoms with E-state index in [0.717, 1.165) is 6.29 Å². The molecule has 0 bridgehead atoms. The van der Waals surface area contributed by atoms with Crippen molar-refractivity contribution in [1.29, 1.82) is 0 Å². The van der Waals surface area contributed by atoms with Gasteiger partial charge in [-0.1, -0.05) is 0 Å². The van der Waals surface area contributed by atoms with E-state index in [0.29, 0.717) is 5.70 Å². The highest BCUT2D eigenvalue weighted by molar-refractivity contribution is 5.72. The average Bonchev–Trinajstić information content (AvgIpc) is 2.10. The van der Waals surface area contributed by atoms with Crippen LogP contribution in [0.5, 0.6) is 0 Å². The van der Waals surface area contributed by atoms with Crippen LogP contribution in [0.15, 0.2) is 11.8 Å². The van der Waals surface area contributed by atoms with Crippen LogP contribution in [-0.4, -0.2) is 24.4 Å². The molecule has 1 aliphatic rings. The Morgan fingerprint density at radius 2 is 2.56 bits per heavy atom. The third-order valence-electron chi connectivity index (χ3n) is 1.33. The summed E-state index contributed by atoms with van der Waals surface area (Å²) >= 11 is 0. The highest BCUT2D eigenvalue weighted by atomic mass is 16.1. The first kappa shape index (κ1) is 6.29. The van der Waals surface area contributed by atoms with Crippen molar-refractivity contribution in [3.8, 4) is 0 Å². The lowest BCUT2D eigenvalue weighted by atomic mass is 10.3. The monoisotopic (exact) mass is 126 g/mol. The Morgan fingerprint density at radius 3 is 2.78 bits per heavy atom. The smallest absolute Gasteiger partial charge is 0.167 e. The summed E-state index contributed by atoms with van der Waals surface area (Å²) in [5.41, 5.74) is 3.74. The fourth-order valence-electron chi connectivity index (χ4n) is 0.904. The standard InChI is InChI=1S/C6H10N2O/c1-5-3-6(4-9)8(2)7-5/h3-5,7H,1-2H3. The van der Waals surface area contributed by atoms with Gasteiger partial charge in [-0.2, -0.15) is 0 Å². The molecule has 50 valence electrons. The van der Waals surface area contributed by atoms with Crippen molar-refractivity contribution >= 4 is 6.29 Å². The number of nitrogens with zero attached hydrogens (tertiary/aromatic N) is 1. The fourth-order valence-corrected chi connectivity index (χ4v) is 0.904. The number of carbonyl (C=O) groups excluding carboxylic acids is 1. The number of nitrogens with one attached hydrogen (secondary N) is 1. The Bertz CT molecular complexity index is 153. The van der Waals surface area contributed by atoms with Gasteiger partial charge in [-0.15, -0.1) is 0 Å². The molecule has 1 rings (SSSR count). The van der Waals surface area contributed by atoms with Gasteiger partial charge in [-0.25, -0.2) is 5.43 Å². The van der Waals surface area contributed by atoms with Crippen LogP contribution in [0, 0.1) is 0 Å². The second-order valence-corrected chi connectivity index (χ2v) is 2.19. The lowest BCUT2D eigenvalue weighted by Crippen LogP contribution is -2.32. The van der Waals surface area contributed by atoms with Crippen LogP contribution in [0.3, 0.4) is 0 Å². The summed E-state index contributed by atoms with van der Waals surface area (Å²) < 4.78 is 0. The van der Waals surface area contributed by atoms with Gasteiger partial charge in [0.05, 0.1) is 5.70 Å². The number of carbonyl (C=O) groups is 1. The summed E-state index contributed by atoms with van der Waals surface area (Å²) in [6.07, 6.45) is 2.73. The number of hydrogen-bond acceptors (Lipinski definition) is 3. The van der Waals surface area contributed by atoms with E-state index in [2.05, 4.69) is 5.43 Å². The minimum Gasteiger partial charge on any atom is -0.308 e. The molecule has 1 unspecified atom stereocenters. The Morgan fingerprint density at radius 1 is 1.89 bits per heavy atom. The topological polar surface area (TPSA) is 32.3 Å². The number of likely N-dealkylation sites (N-methyl/N-ethyl adjacent to an activating group) is 1. The Labute approximate surface area is 54.3 Å². The van der Waals surface area contributed by atoms with Gasteiger partial charge < -0.3 is 5.01 Å². The molecule has 0 saturated carbocycles. The van der Waals surface area contributed by atoms with Gasteiger partial charge in [0, 0.05) is 13.1 Å². The molecule has 0 aromatic heterocycles.